The average Bonchev–Trinajstić information content (AvgIpc) is 3.61. The zero-order chi connectivity index (χ0) is 43.6. The van der Waals surface area contributed by atoms with Crippen molar-refractivity contribution < 1.29 is 48.8 Å². The predicted molar refractivity (Wildman–Crippen MR) is 225 cm³/mol. The van der Waals surface area contributed by atoms with Crippen molar-refractivity contribution in [2.75, 3.05) is 49.6 Å². The molecule has 60 heavy (non-hydrogen) atoms. The van der Waals surface area contributed by atoms with E-state index in [2.05, 4.69) is 46.1 Å². The van der Waals surface area contributed by atoms with Crippen molar-refractivity contribution in [3.05, 3.63) is 125 Å². The Balaban J connectivity index is 0.000000230. The van der Waals surface area contributed by atoms with Gasteiger partial charge in [-0.1, -0.05) is 67.4 Å². The molecule has 3 N–H and O–H groups in total. The van der Waals surface area contributed by atoms with Gasteiger partial charge in [0.2, 0.25) is 18.1 Å². The number of piperazine rings is 1. The van der Waals surface area contributed by atoms with Crippen LogP contribution < -0.4 is 9.80 Å². The van der Waals surface area contributed by atoms with E-state index in [1.807, 2.05) is 30.9 Å². The molecule has 6 rings (SSSR count). The minimum Gasteiger partial charge on any atom is -0.478 e. The topological polar surface area (TPSA) is 187 Å². The van der Waals surface area contributed by atoms with Crippen molar-refractivity contribution in [3.8, 4) is 0 Å². The average molecular weight is 823 g/mol. The number of likely N-dealkylation sites (N-methyl/N-ethyl adjacent to an activating group) is 1. The molecule has 0 aliphatic carbocycles. The number of rotatable bonds is 14. The van der Waals surface area contributed by atoms with E-state index in [0.717, 1.165) is 55.8 Å². The van der Waals surface area contributed by atoms with Crippen molar-refractivity contribution in [1.29, 1.82) is 0 Å². The van der Waals surface area contributed by atoms with Crippen molar-refractivity contribution >= 4 is 41.2 Å². The number of anilines is 2. The number of aliphatic carboxylic acids is 2. The smallest absolute Gasteiger partial charge is 0.349 e. The highest BCUT2D eigenvalue weighted by molar-refractivity contribution is 5.97. The van der Waals surface area contributed by atoms with Crippen LogP contribution in [-0.4, -0.2) is 107 Å². The highest BCUT2D eigenvalue weighted by atomic mass is 16.6. The summed E-state index contributed by atoms with van der Waals surface area (Å²) in [7, 11) is 2.17. The normalized spacial score (nSPS) is 16.6. The standard InChI is InChI=1S/C26H36N4O2.C20H18O8/c1-4-26(32,5-2)24-11-10-22(19-27-24)30-13-12-21(25(30)31)18-20-8-6-7-9-23(20)29-16-14-28(3)15-17-29;1-11-3-7-13(8-4-11)19(25)27-15(17(21)22)16(18(23)24)28-20(26)14-9-5-12(2)6-10-14/h6-11,19,21,32H,4-5,12-18H2,1-3H3;3-10,15-16H,1-2H3,(H,21,22)(H,23,24)/t21-;15-,16-/m00/s1. The molecule has 3 atom stereocenters. The lowest BCUT2D eigenvalue weighted by molar-refractivity contribution is -0.166. The number of amides is 1. The molecule has 3 aromatic carbocycles. The monoisotopic (exact) mass is 822 g/mol. The van der Waals surface area contributed by atoms with Crippen LogP contribution in [0.2, 0.25) is 0 Å². The van der Waals surface area contributed by atoms with Gasteiger partial charge in [-0.3, -0.25) is 9.78 Å². The molecule has 318 valence electrons. The molecule has 1 aromatic heterocycles. The molecule has 2 aliphatic rings. The maximum atomic E-state index is 13.3. The van der Waals surface area contributed by atoms with Gasteiger partial charge >= 0.3 is 23.9 Å². The molecular formula is C46H54N4O10. The summed E-state index contributed by atoms with van der Waals surface area (Å²) in [6.07, 6.45) is 0.159. The number of hydrogen-bond acceptors (Lipinski definition) is 11. The second-order valence-electron chi connectivity index (χ2n) is 15.3. The summed E-state index contributed by atoms with van der Waals surface area (Å²) in [5.41, 5.74) is 4.93. The number of carboxylic acid groups (broad SMARTS) is 2. The summed E-state index contributed by atoms with van der Waals surface area (Å²) >= 11 is 0. The minimum absolute atomic E-state index is 0.00786. The third-order valence-corrected chi connectivity index (χ3v) is 11.1. The van der Waals surface area contributed by atoms with Gasteiger partial charge in [0.25, 0.3) is 0 Å². The zero-order valence-electron chi connectivity index (χ0n) is 34.7. The third-order valence-electron chi connectivity index (χ3n) is 11.1. The van der Waals surface area contributed by atoms with Gasteiger partial charge in [-0.05, 0) is 94.6 Å². The van der Waals surface area contributed by atoms with Crippen LogP contribution in [0, 0.1) is 19.8 Å². The fraction of sp³-hybridized carbons (Fsp3) is 0.391. The first kappa shape index (κ1) is 45.0. The molecule has 1 amide bonds. The van der Waals surface area contributed by atoms with Crippen LogP contribution in [-0.2, 0) is 35.9 Å². The van der Waals surface area contributed by atoms with Crippen LogP contribution in [0.15, 0.2) is 91.1 Å². The molecule has 3 heterocycles. The number of nitrogens with zero attached hydrogens (tertiary/aromatic N) is 4. The molecule has 0 saturated carbocycles. The van der Waals surface area contributed by atoms with Crippen LogP contribution >= 0.6 is 0 Å². The number of aromatic nitrogens is 1. The van der Waals surface area contributed by atoms with E-state index in [1.165, 1.54) is 35.5 Å². The molecular weight excluding hydrogens is 769 g/mol. The maximum Gasteiger partial charge on any atom is 0.349 e. The molecule has 4 aromatic rings. The lowest BCUT2D eigenvalue weighted by Crippen LogP contribution is -2.45. The van der Waals surface area contributed by atoms with Gasteiger partial charge in [-0.2, -0.15) is 0 Å². The number of carbonyl (C=O) groups is 5. The van der Waals surface area contributed by atoms with E-state index >= 15 is 0 Å². The Kier molecular flexibility index (Phi) is 15.2. The largest absolute Gasteiger partial charge is 0.478 e. The zero-order valence-corrected chi connectivity index (χ0v) is 34.7. The Morgan fingerprint density at radius 2 is 1.27 bits per heavy atom. The summed E-state index contributed by atoms with van der Waals surface area (Å²) in [4.78, 5) is 71.8. The van der Waals surface area contributed by atoms with Crippen molar-refractivity contribution in [3.63, 3.8) is 0 Å². The van der Waals surface area contributed by atoms with Crippen LogP contribution in [0.4, 0.5) is 11.4 Å². The van der Waals surface area contributed by atoms with Crippen molar-refractivity contribution in [2.24, 2.45) is 5.92 Å². The number of aliphatic hydroxyl groups is 1. The second kappa shape index (κ2) is 20.2. The van der Waals surface area contributed by atoms with Crippen LogP contribution in [0.5, 0.6) is 0 Å². The first-order valence-electron chi connectivity index (χ1n) is 20.2. The number of hydrogen-bond donors (Lipinski definition) is 3. The van der Waals surface area contributed by atoms with Gasteiger partial charge in [-0.15, -0.1) is 0 Å². The van der Waals surface area contributed by atoms with E-state index in [-0.39, 0.29) is 23.0 Å². The summed E-state index contributed by atoms with van der Waals surface area (Å²) in [6.45, 7) is 12.4. The summed E-state index contributed by atoms with van der Waals surface area (Å²) < 4.78 is 9.64. The fourth-order valence-electron chi connectivity index (χ4n) is 7.15. The van der Waals surface area contributed by atoms with Crippen LogP contribution in [0.1, 0.15) is 76.2 Å². The Labute approximate surface area is 350 Å². The van der Waals surface area contributed by atoms with E-state index < -0.39 is 41.7 Å². The number of carboxylic acids is 2. The quantitative estimate of drug-likeness (QED) is 0.132. The first-order chi connectivity index (χ1) is 28.6. The van der Waals surface area contributed by atoms with Gasteiger partial charge in [-0.25, -0.2) is 19.2 Å². The van der Waals surface area contributed by atoms with Crippen LogP contribution in [0.3, 0.4) is 0 Å². The van der Waals surface area contributed by atoms with Gasteiger partial charge in [0, 0.05) is 44.3 Å². The SMILES string of the molecule is CCC(O)(CC)c1ccc(N2CC[C@@H](Cc3ccccc3N3CCN(C)CC3)C2=O)cn1.Cc1ccc(C(=O)O[C@H](C(=O)O)[C@H](OC(=O)c2ccc(C)cc2)C(=O)O)cc1. The Morgan fingerprint density at radius 3 is 1.73 bits per heavy atom. The maximum absolute atomic E-state index is 13.3. The van der Waals surface area contributed by atoms with Gasteiger partial charge < -0.3 is 39.5 Å². The lowest BCUT2D eigenvalue weighted by atomic mass is 9.93. The predicted octanol–water partition coefficient (Wildman–Crippen LogP) is 5.66. The van der Waals surface area contributed by atoms with E-state index in [9.17, 15) is 39.3 Å². The number of benzene rings is 3. The second-order valence-corrected chi connectivity index (χ2v) is 15.3. The number of para-hydroxylation sites is 1. The number of carbonyl (C=O) groups excluding carboxylic acids is 3. The molecule has 14 nitrogen and oxygen atoms in total. The Hall–Kier alpha value is -6.12. The van der Waals surface area contributed by atoms with Gasteiger partial charge in [0.05, 0.1) is 28.7 Å². The molecule has 2 saturated heterocycles. The van der Waals surface area contributed by atoms with E-state index in [0.29, 0.717) is 25.1 Å². The summed E-state index contributed by atoms with van der Waals surface area (Å²) in [5, 5.41) is 29.4. The van der Waals surface area contributed by atoms with Crippen molar-refractivity contribution in [2.45, 2.75) is 71.2 Å². The summed E-state index contributed by atoms with van der Waals surface area (Å²) in [5.74, 6) is -5.45. The third kappa shape index (κ3) is 11.1. The number of esters is 2. The molecule has 2 fully saturated rings. The Morgan fingerprint density at radius 1 is 0.750 bits per heavy atom. The fourth-order valence-corrected chi connectivity index (χ4v) is 7.15. The number of ether oxygens (including phenoxy) is 2. The van der Waals surface area contributed by atoms with Crippen LogP contribution in [0.25, 0.3) is 0 Å². The van der Waals surface area contributed by atoms with Gasteiger partial charge in [0.1, 0.15) is 5.60 Å². The number of pyridine rings is 1. The molecule has 0 spiro atoms. The summed E-state index contributed by atoms with van der Waals surface area (Å²) in [6, 6.07) is 24.4. The van der Waals surface area contributed by atoms with E-state index in [1.54, 1.807) is 44.3 Å². The molecule has 0 radical (unpaired) electrons. The Bertz CT molecular complexity index is 2040. The minimum atomic E-state index is -2.22. The molecule has 14 heteroatoms. The molecule has 2 aliphatic heterocycles. The highest BCUT2D eigenvalue weighted by Gasteiger charge is 2.41. The van der Waals surface area contributed by atoms with E-state index in [4.69, 9.17) is 9.47 Å². The van der Waals surface area contributed by atoms with Crippen molar-refractivity contribution in [1.82, 2.24) is 9.88 Å². The lowest BCUT2D eigenvalue weighted by Gasteiger charge is -2.35. The molecule has 0 unspecified atom stereocenters. The highest BCUT2D eigenvalue weighted by Crippen LogP contribution is 2.33. The molecule has 0 bridgehead atoms. The van der Waals surface area contributed by atoms with Gasteiger partial charge in [0.15, 0.2) is 0 Å². The number of aryl methyl sites for hydroxylation is 2. The first-order valence-corrected chi connectivity index (χ1v) is 20.2.